The second kappa shape index (κ2) is 4.49. The largest absolute Gasteiger partial charge is 0.399 e. The van der Waals surface area contributed by atoms with E-state index in [-0.39, 0.29) is 5.78 Å². The van der Waals surface area contributed by atoms with E-state index >= 15 is 0 Å². The lowest BCUT2D eigenvalue weighted by atomic mass is 9.98. The van der Waals surface area contributed by atoms with Crippen LogP contribution in [0.1, 0.15) is 13.8 Å². The molecule has 0 bridgehead atoms. The van der Waals surface area contributed by atoms with Crippen LogP contribution in [0.3, 0.4) is 0 Å². The molecule has 0 unspecified atom stereocenters. The summed E-state index contributed by atoms with van der Waals surface area (Å²) in [6, 6.07) is 5.19. The molecule has 4 heteroatoms. The normalized spacial score (nSPS) is 17.7. The first-order valence-electron chi connectivity index (χ1n) is 5.62. The Morgan fingerprint density at radius 3 is 2.44 bits per heavy atom. The highest BCUT2D eigenvalue weighted by atomic mass is 16.1. The van der Waals surface area contributed by atoms with E-state index in [9.17, 15) is 4.79 Å². The molecule has 18 heavy (non-hydrogen) atoms. The Morgan fingerprint density at radius 2 is 1.78 bits per heavy atom. The van der Waals surface area contributed by atoms with Crippen LogP contribution in [0, 0.1) is 0 Å². The standard InChI is InChI=1S/C14H15N3O/c1-8-6-14(18)9(2)5-13(8)17-12-4-3-10(15)7-11(12)16/h3-7H,15-16H2,1-2H3. The van der Waals surface area contributed by atoms with Gasteiger partial charge in [0.2, 0.25) is 0 Å². The minimum absolute atomic E-state index is 0.0247. The molecule has 0 amide bonds. The van der Waals surface area contributed by atoms with Gasteiger partial charge in [0.05, 0.1) is 17.1 Å². The van der Waals surface area contributed by atoms with E-state index < -0.39 is 0 Å². The Labute approximate surface area is 106 Å². The van der Waals surface area contributed by atoms with Gasteiger partial charge in [0.1, 0.15) is 0 Å². The van der Waals surface area contributed by atoms with Gasteiger partial charge >= 0.3 is 0 Å². The van der Waals surface area contributed by atoms with Gasteiger partial charge in [0.25, 0.3) is 0 Å². The zero-order chi connectivity index (χ0) is 13.3. The molecule has 0 heterocycles. The predicted octanol–water partition coefficient (Wildman–Crippen LogP) is 2.40. The number of carbonyl (C=O) groups is 1. The average molecular weight is 241 g/mol. The molecule has 1 aliphatic carbocycles. The van der Waals surface area contributed by atoms with E-state index in [0.717, 1.165) is 11.3 Å². The summed E-state index contributed by atoms with van der Waals surface area (Å²) in [5, 5.41) is 0. The molecule has 1 aromatic rings. The maximum Gasteiger partial charge on any atom is 0.181 e. The molecule has 1 aliphatic rings. The van der Waals surface area contributed by atoms with Crippen LogP contribution in [0.25, 0.3) is 0 Å². The van der Waals surface area contributed by atoms with Gasteiger partial charge in [-0.3, -0.25) is 4.79 Å². The third kappa shape index (κ3) is 2.32. The minimum Gasteiger partial charge on any atom is -0.399 e. The highest BCUT2D eigenvalue weighted by Gasteiger charge is 2.12. The molecule has 4 nitrogen and oxygen atoms in total. The number of hydrogen-bond acceptors (Lipinski definition) is 4. The highest BCUT2D eigenvalue weighted by Crippen LogP contribution is 2.26. The number of nitrogens with two attached hydrogens (primary N) is 2. The summed E-state index contributed by atoms with van der Waals surface area (Å²) in [5.74, 6) is 0.0247. The molecule has 0 saturated heterocycles. The van der Waals surface area contributed by atoms with Crippen molar-refractivity contribution in [2.24, 2.45) is 4.99 Å². The van der Waals surface area contributed by atoms with Crippen LogP contribution >= 0.6 is 0 Å². The summed E-state index contributed by atoms with van der Waals surface area (Å²) in [6.07, 6.45) is 3.36. The number of hydrogen-bond donors (Lipinski definition) is 2. The van der Waals surface area contributed by atoms with E-state index in [1.54, 1.807) is 37.3 Å². The van der Waals surface area contributed by atoms with Gasteiger partial charge in [0, 0.05) is 5.69 Å². The topological polar surface area (TPSA) is 81.5 Å². The quantitative estimate of drug-likeness (QED) is 0.585. The number of rotatable bonds is 1. The number of anilines is 2. The van der Waals surface area contributed by atoms with Crippen molar-refractivity contribution in [3.63, 3.8) is 0 Å². The van der Waals surface area contributed by atoms with Crippen LogP contribution in [0.5, 0.6) is 0 Å². The summed E-state index contributed by atoms with van der Waals surface area (Å²) in [4.78, 5) is 15.9. The first kappa shape index (κ1) is 12.1. The number of aliphatic imine (C=N–C) groups is 1. The van der Waals surface area contributed by atoms with Crippen LogP contribution in [-0.2, 0) is 4.79 Å². The second-order valence-electron chi connectivity index (χ2n) is 4.33. The van der Waals surface area contributed by atoms with E-state index in [1.807, 2.05) is 6.92 Å². The Kier molecular flexibility index (Phi) is 3.02. The average Bonchev–Trinajstić information content (AvgIpc) is 2.29. The Hall–Kier alpha value is -2.36. The number of ketones is 1. The summed E-state index contributed by atoms with van der Waals surface area (Å²) in [5.41, 5.74) is 15.5. The van der Waals surface area contributed by atoms with Crippen LogP contribution in [0.4, 0.5) is 17.1 Å². The fraction of sp³-hybridized carbons (Fsp3) is 0.143. The molecule has 0 saturated carbocycles. The lowest BCUT2D eigenvalue weighted by Crippen LogP contribution is -2.09. The third-order valence-electron chi connectivity index (χ3n) is 2.79. The molecule has 0 atom stereocenters. The Morgan fingerprint density at radius 1 is 1.06 bits per heavy atom. The smallest absolute Gasteiger partial charge is 0.181 e. The van der Waals surface area contributed by atoms with Gasteiger partial charge in [-0.2, -0.15) is 0 Å². The van der Waals surface area contributed by atoms with Crippen molar-refractivity contribution in [1.29, 1.82) is 0 Å². The van der Waals surface area contributed by atoms with Gasteiger partial charge in [0.15, 0.2) is 5.78 Å². The fourth-order valence-electron chi connectivity index (χ4n) is 1.70. The number of nitrogen functional groups attached to an aromatic ring is 2. The summed E-state index contributed by atoms with van der Waals surface area (Å²) < 4.78 is 0. The lowest BCUT2D eigenvalue weighted by Gasteiger charge is -2.10. The molecular weight excluding hydrogens is 226 g/mol. The van der Waals surface area contributed by atoms with Crippen molar-refractivity contribution >= 4 is 28.6 Å². The third-order valence-corrected chi connectivity index (χ3v) is 2.79. The predicted molar refractivity (Wildman–Crippen MR) is 74.9 cm³/mol. The van der Waals surface area contributed by atoms with E-state index in [0.29, 0.717) is 22.6 Å². The number of nitrogens with zero attached hydrogens (tertiary/aromatic N) is 1. The minimum atomic E-state index is 0.0247. The Balaban J connectivity index is 2.45. The van der Waals surface area contributed by atoms with Crippen molar-refractivity contribution in [2.45, 2.75) is 13.8 Å². The lowest BCUT2D eigenvalue weighted by molar-refractivity contribution is -0.111. The molecule has 1 aromatic carbocycles. The number of benzene rings is 1. The van der Waals surface area contributed by atoms with Crippen molar-refractivity contribution in [3.05, 3.63) is 41.5 Å². The number of carbonyl (C=O) groups excluding carboxylic acids is 1. The van der Waals surface area contributed by atoms with Gasteiger partial charge in [-0.15, -0.1) is 0 Å². The van der Waals surface area contributed by atoms with Crippen LogP contribution in [0.2, 0.25) is 0 Å². The van der Waals surface area contributed by atoms with Crippen molar-refractivity contribution in [1.82, 2.24) is 0 Å². The van der Waals surface area contributed by atoms with Crippen LogP contribution < -0.4 is 11.5 Å². The van der Waals surface area contributed by atoms with Crippen molar-refractivity contribution in [3.8, 4) is 0 Å². The zero-order valence-electron chi connectivity index (χ0n) is 10.4. The van der Waals surface area contributed by atoms with Gasteiger partial charge < -0.3 is 11.5 Å². The van der Waals surface area contributed by atoms with Crippen LogP contribution in [-0.4, -0.2) is 11.5 Å². The van der Waals surface area contributed by atoms with Crippen molar-refractivity contribution < 1.29 is 4.79 Å². The van der Waals surface area contributed by atoms with E-state index in [1.165, 1.54) is 0 Å². The fourth-order valence-corrected chi connectivity index (χ4v) is 1.70. The summed E-state index contributed by atoms with van der Waals surface area (Å²) in [6.45, 7) is 3.63. The van der Waals surface area contributed by atoms with Gasteiger partial charge in [-0.1, -0.05) is 0 Å². The van der Waals surface area contributed by atoms with Crippen molar-refractivity contribution in [2.75, 3.05) is 11.5 Å². The monoisotopic (exact) mass is 241 g/mol. The molecule has 0 fully saturated rings. The molecular formula is C14H15N3O. The highest BCUT2D eigenvalue weighted by molar-refractivity contribution is 6.22. The molecule has 4 N–H and O–H groups in total. The van der Waals surface area contributed by atoms with Crippen LogP contribution in [0.15, 0.2) is 46.5 Å². The van der Waals surface area contributed by atoms with Gasteiger partial charge in [-0.25, -0.2) is 4.99 Å². The SMILES string of the molecule is CC1=CC(=Nc2ccc(N)cc2N)C(C)=CC1=O. The first-order valence-corrected chi connectivity index (χ1v) is 5.62. The van der Waals surface area contributed by atoms with E-state index in [4.69, 9.17) is 11.5 Å². The summed E-state index contributed by atoms with van der Waals surface area (Å²) in [7, 11) is 0. The first-order chi connectivity index (χ1) is 8.47. The zero-order valence-corrected chi connectivity index (χ0v) is 10.4. The Bertz CT molecular complexity index is 609. The molecule has 2 rings (SSSR count). The summed E-state index contributed by atoms with van der Waals surface area (Å²) >= 11 is 0. The maximum absolute atomic E-state index is 11.5. The maximum atomic E-state index is 11.5. The second-order valence-corrected chi connectivity index (χ2v) is 4.33. The molecule has 92 valence electrons. The number of allylic oxidation sites excluding steroid dienone is 4. The molecule has 0 radical (unpaired) electrons. The van der Waals surface area contributed by atoms with Gasteiger partial charge in [-0.05, 0) is 55.3 Å². The van der Waals surface area contributed by atoms with E-state index in [2.05, 4.69) is 4.99 Å². The molecule has 0 aliphatic heterocycles. The molecule has 0 spiro atoms. The molecule has 0 aromatic heterocycles.